The molecule has 0 unspecified atom stereocenters. The molecule has 5 nitrogen and oxygen atoms in total. The topological polar surface area (TPSA) is 53.4 Å². The molecule has 3 aromatic rings. The van der Waals surface area contributed by atoms with Crippen LogP contribution in [0.25, 0.3) is 16.8 Å². The maximum Gasteiger partial charge on any atom is 0.153 e. The fourth-order valence-electron chi connectivity index (χ4n) is 2.74. The van der Waals surface area contributed by atoms with Crippen molar-refractivity contribution in [3.8, 4) is 11.1 Å². The van der Waals surface area contributed by atoms with Crippen LogP contribution in [0.2, 0.25) is 0 Å². The zero-order valence-electron chi connectivity index (χ0n) is 17.1. The summed E-state index contributed by atoms with van der Waals surface area (Å²) in [5, 5.41) is 5.34. The van der Waals surface area contributed by atoms with Crippen molar-refractivity contribution in [1.82, 2.24) is 15.3 Å². The molecule has 148 valence electrons. The van der Waals surface area contributed by atoms with E-state index in [-0.39, 0.29) is 0 Å². The van der Waals surface area contributed by atoms with Crippen LogP contribution in [0.3, 0.4) is 0 Å². The maximum absolute atomic E-state index is 4.49. The molecule has 0 amide bonds. The fourth-order valence-corrected chi connectivity index (χ4v) is 3.18. The van der Waals surface area contributed by atoms with Crippen LogP contribution in [-0.4, -0.2) is 36.7 Å². The summed E-state index contributed by atoms with van der Waals surface area (Å²) in [5.41, 5.74) is 5.25. The first-order valence-corrected chi connectivity index (χ1v) is 10.6. The van der Waals surface area contributed by atoms with Gasteiger partial charge in [0.05, 0.1) is 12.0 Å². The Balaban J connectivity index is 1.73. The normalized spacial score (nSPS) is 11.7. The predicted molar refractivity (Wildman–Crippen MR) is 126 cm³/mol. The number of rotatable bonds is 7. The first-order valence-electron chi connectivity index (χ1n) is 9.26. The van der Waals surface area contributed by atoms with E-state index in [4.69, 9.17) is 0 Å². The molecule has 29 heavy (non-hydrogen) atoms. The summed E-state index contributed by atoms with van der Waals surface area (Å²) in [6.07, 6.45) is 5.62. The standard InChI is InChI=1S/C23H25N5S/c1-17-6-5-7-22(27-17)26-16-25-21(15-29-4)19-10-8-18(9-11-19)20-12-13-23(24-14-20)28(2)3/h5-16H,1-4H3,(H,25,26,27)/b21-15-. The van der Waals surface area contributed by atoms with Crippen molar-refractivity contribution >= 4 is 35.4 Å². The summed E-state index contributed by atoms with van der Waals surface area (Å²) in [7, 11) is 3.98. The average Bonchev–Trinajstić information content (AvgIpc) is 2.73. The van der Waals surface area contributed by atoms with Gasteiger partial charge >= 0.3 is 0 Å². The molecule has 3 rings (SSSR count). The Hall–Kier alpha value is -3.12. The molecule has 0 radical (unpaired) electrons. The summed E-state index contributed by atoms with van der Waals surface area (Å²) in [4.78, 5) is 15.3. The van der Waals surface area contributed by atoms with E-state index in [9.17, 15) is 0 Å². The Bertz CT molecular complexity index is 993. The summed E-state index contributed by atoms with van der Waals surface area (Å²) in [5.74, 6) is 1.63. The van der Waals surface area contributed by atoms with Crippen molar-refractivity contribution in [3.63, 3.8) is 0 Å². The van der Waals surface area contributed by atoms with Gasteiger partial charge in [0.2, 0.25) is 0 Å². The third kappa shape index (κ3) is 5.68. The minimum Gasteiger partial charge on any atom is -0.363 e. The number of hydrogen-bond acceptors (Lipinski definition) is 5. The molecule has 0 fully saturated rings. The highest BCUT2D eigenvalue weighted by atomic mass is 32.2. The van der Waals surface area contributed by atoms with Gasteiger partial charge in [0.1, 0.15) is 5.82 Å². The fraction of sp³-hybridized carbons (Fsp3) is 0.174. The Kier molecular flexibility index (Phi) is 7.03. The lowest BCUT2D eigenvalue weighted by atomic mass is 10.0. The van der Waals surface area contributed by atoms with E-state index in [0.29, 0.717) is 5.82 Å². The van der Waals surface area contributed by atoms with Crippen LogP contribution in [0.5, 0.6) is 0 Å². The monoisotopic (exact) mass is 403 g/mol. The van der Waals surface area contributed by atoms with Crippen LogP contribution >= 0.6 is 11.8 Å². The molecular weight excluding hydrogens is 378 g/mol. The van der Waals surface area contributed by atoms with Crippen molar-refractivity contribution in [2.45, 2.75) is 6.92 Å². The maximum atomic E-state index is 4.49. The second-order valence-electron chi connectivity index (χ2n) is 6.68. The Morgan fingerprint density at radius 2 is 1.79 bits per heavy atom. The molecule has 0 saturated heterocycles. The quantitative estimate of drug-likeness (QED) is 0.438. The lowest BCUT2D eigenvalue weighted by Crippen LogP contribution is -2.10. The average molecular weight is 404 g/mol. The molecule has 2 heterocycles. The summed E-state index contributed by atoms with van der Waals surface area (Å²) in [6, 6.07) is 18.3. The second-order valence-corrected chi connectivity index (χ2v) is 7.39. The van der Waals surface area contributed by atoms with E-state index in [0.717, 1.165) is 33.9 Å². The van der Waals surface area contributed by atoms with Gasteiger partial charge in [-0.3, -0.25) is 0 Å². The van der Waals surface area contributed by atoms with Crippen LogP contribution in [-0.2, 0) is 0 Å². The lowest BCUT2D eigenvalue weighted by Gasteiger charge is -2.12. The summed E-state index contributed by atoms with van der Waals surface area (Å²) < 4.78 is 0. The van der Waals surface area contributed by atoms with E-state index in [2.05, 4.69) is 56.0 Å². The van der Waals surface area contributed by atoms with Gasteiger partial charge in [0.15, 0.2) is 5.82 Å². The zero-order chi connectivity index (χ0) is 20.6. The van der Waals surface area contributed by atoms with E-state index in [1.807, 2.05) is 62.6 Å². The van der Waals surface area contributed by atoms with Crippen LogP contribution in [0.1, 0.15) is 11.3 Å². The van der Waals surface area contributed by atoms with Crippen molar-refractivity contribution in [2.75, 3.05) is 25.3 Å². The SMILES string of the molecule is CS/C=C(\N/C=N/c1cccc(C)n1)c1ccc(-c2ccc(N(C)C)nc2)cc1. The molecule has 6 heteroatoms. The predicted octanol–water partition coefficient (Wildman–Crippen LogP) is 5.13. The highest BCUT2D eigenvalue weighted by Gasteiger charge is 2.04. The molecule has 1 N–H and O–H groups in total. The molecule has 1 aromatic carbocycles. The Labute approximate surface area is 176 Å². The third-order valence-corrected chi connectivity index (χ3v) is 4.73. The molecule has 0 bridgehead atoms. The molecule has 0 atom stereocenters. The lowest BCUT2D eigenvalue weighted by molar-refractivity contribution is 1.07. The van der Waals surface area contributed by atoms with Gasteiger partial charge in [-0.05, 0) is 54.0 Å². The minimum absolute atomic E-state index is 0.685. The molecule has 2 aromatic heterocycles. The molecule has 0 saturated carbocycles. The van der Waals surface area contributed by atoms with Crippen LogP contribution in [0.4, 0.5) is 11.6 Å². The Morgan fingerprint density at radius 3 is 2.41 bits per heavy atom. The van der Waals surface area contributed by atoms with E-state index < -0.39 is 0 Å². The number of hydrogen-bond donors (Lipinski definition) is 1. The van der Waals surface area contributed by atoms with Gasteiger partial charge in [-0.25, -0.2) is 15.0 Å². The number of aromatic nitrogens is 2. The molecule has 0 aliphatic carbocycles. The Morgan fingerprint density at radius 1 is 1.03 bits per heavy atom. The number of anilines is 1. The van der Waals surface area contributed by atoms with Crippen molar-refractivity contribution in [1.29, 1.82) is 0 Å². The zero-order valence-corrected chi connectivity index (χ0v) is 17.9. The van der Waals surface area contributed by atoms with E-state index in [1.54, 1.807) is 18.1 Å². The molecule has 0 spiro atoms. The van der Waals surface area contributed by atoms with Crippen LogP contribution in [0, 0.1) is 6.92 Å². The number of pyridine rings is 2. The third-order valence-electron chi connectivity index (χ3n) is 4.26. The number of nitrogens with zero attached hydrogens (tertiary/aromatic N) is 4. The summed E-state index contributed by atoms with van der Waals surface area (Å²) in [6.45, 7) is 1.95. The number of nitrogens with one attached hydrogen (secondary N) is 1. The van der Waals surface area contributed by atoms with Gasteiger partial charge in [-0.2, -0.15) is 0 Å². The highest BCUT2D eigenvalue weighted by Crippen LogP contribution is 2.23. The van der Waals surface area contributed by atoms with Gasteiger partial charge in [0, 0.05) is 31.5 Å². The smallest absolute Gasteiger partial charge is 0.153 e. The van der Waals surface area contributed by atoms with Gasteiger partial charge in [-0.1, -0.05) is 30.3 Å². The van der Waals surface area contributed by atoms with Crippen LogP contribution in [0.15, 0.2) is 71.2 Å². The first kappa shape index (κ1) is 20.6. The largest absolute Gasteiger partial charge is 0.363 e. The van der Waals surface area contributed by atoms with Crippen molar-refractivity contribution in [3.05, 3.63) is 77.5 Å². The van der Waals surface area contributed by atoms with Gasteiger partial charge in [0.25, 0.3) is 0 Å². The van der Waals surface area contributed by atoms with Gasteiger partial charge in [-0.15, -0.1) is 11.8 Å². The number of aryl methyl sites for hydroxylation is 1. The molecular formula is C23H25N5S. The van der Waals surface area contributed by atoms with E-state index >= 15 is 0 Å². The van der Waals surface area contributed by atoms with E-state index in [1.165, 1.54) is 0 Å². The van der Waals surface area contributed by atoms with Crippen LogP contribution < -0.4 is 10.2 Å². The summed E-state index contributed by atoms with van der Waals surface area (Å²) >= 11 is 1.64. The van der Waals surface area contributed by atoms with Gasteiger partial charge < -0.3 is 10.2 Å². The number of aliphatic imine (C=N–C) groups is 1. The number of benzene rings is 1. The second kappa shape index (κ2) is 9.89. The highest BCUT2D eigenvalue weighted by molar-refractivity contribution is 8.01. The first-order chi connectivity index (χ1) is 14.1. The number of thioether (sulfide) groups is 1. The molecule has 0 aliphatic rings. The minimum atomic E-state index is 0.685. The van der Waals surface area contributed by atoms with Crippen molar-refractivity contribution in [2.24, 2.45) is 4.99 Å². The van der Waals surface area contributed by atoms with Crippen molar-refractivity contribution < 1.29 is 0 Å². The molecule has 0 aliphatic heterocycles.